The third-order valence-electron chi connectivity index (χ3n) is 1.70. The first-order valence-electron chi connectivity index (χ1n) is 4.09. The van der Waals surface area contributed by atoms with Gasteiger partial charge in [-0.15, -0.1) is 0 Å². The normalized spacial score (nSPS) is 10.6. The Balaban J connectivity index is 2.55. The minimum absolute atomic E-state index is 0.107. The number of halogens is 2. The summed E-state index contributed by atoms with van der Waals surface area (Å²) in [6, 6.07) is 3.91. The predicted octanol–water partition coefficient (Wildman–Crippen LogP) is 3.78. The van der Waals surface area contributed by atoms with E-state index in [1.54, 1.807) is 0 Å². The van der Waals surface area contributed by atoms with Crippen LogP contribution in [0.2, 0.25) is 0 Å². The van der Waals surface area contributed by atoms with E-state index in [-0.39, 0.29) is 5.91 Å². The zero-order valence-electron chi connectivity index (χ0n) is 7.67. The number of amides is 1. The maximum Gasteiger partial charge on any atom is 0.223 e. The summed E-state index contributed by atoms with van der Waals surface area (Å²) in [6.07, 6.45) is 0. The van der Waals surface area contributed by atoms with E-state index in [2.05, 4.69) is 42.2 Å². The molecule has 0 radical (unpaired) electrons. The van der Waals surface area contributed by atoms with Crippen LogP contribution in [-0.4, -0.2) is 10.9 Å². The fourth-order valence-corrected chi connectivity index (χ4v) is 3.74. The molecule has 1 aromatic carbocycles. The Kier molecular flexibility index (Phi) is 3.08. The Morgan fingerprint density at radius 1 is 1.47 bits per heavy atom. The second-order valence-electron chi connectivity index (χ2n) is 2.93. The number of carbonyl (C=O) groups is 1. The Labute approximate surface area is 107 Å². The molecule has 2 rings (SSSR count). The molecule has 1 heterocycles. The standard InChI is InChI=1S/C9H6Br2N2OS/c1-4(14)12-9-13-8-6(11)2-5(10)3-7(8)15-9/h2-3H,1H3,(H,12,13,14). The Morgan fingerprint density at radius 3 is 2.87 bits per heavy atom. The predicted molar refractivity (Wildman–Crippen MR) is 69.3 cm³/mol. The van der Waals surface area contributed by atoms with E-state index in [1.165, 1.54) is 18.3 Å². The molecule has 78 valence electrons. The second kappa shape index (κ2) is 4.19. The van der Waals surface area contributed by atoms with Crippen molar-refractivity contribution in [3.05, 3.63) is 21.1 Å². The van der Waals surface area contributed by atoms with E-state index >= 15 is 0 Å². The van der Waals surface area contributed by atoms with Gasteiger partial charge in [0, 0.05) is 15.9 Å². The molecule has 1 amide bonds. The van der Waals surface area contributed by atoms with Gasteiger partial charge in [-0.05, 0) is 28.1 Å². The molecule has 0 saturated heterocycles. The molecule has 0 atom stereocenters. The maximum atomic E-state index is 10.9. The van der Waals surface area contributed by atoms with Gasteiger partial charge in [-0.1, -0.05) is 27.3 Å². The van der Waals surface area contributed by atoms with Crippen LogP contribution in [0, 0.1) is 0 Å². The van der Waals surface area contributed by atoms with Crippen molar-refractivity contribution in [2.45, 2.75) is 6.92 Å². The van der Waals surface area contributed by atoms with Crippen molar-refractivity contribution in [3.8, 4) is 0 Å². The van der Waals surface area contributed by atoms with Gasteiger partial charge in [-0.3, -0.25) is 4.79 Å². The van der Waals surface area contributed by atoms with Crippen LogP contribution in [-0.2, 0) is 4.79 Å². The topological polar surface area (TPSA) is 42.0 Å². The number of hydrogen-bond acceptors (Lipinski definition) is 3. The summed E-state index contributed by atoms with van der Waals surface area (Å²) >= 11 is 8.28. The molecule has 0 aliphatic rings. The van der Waals surface area contributed by atoms with Gasteiger partial charge in [0.25, 0.3) is 0 Å². The first-order valence-corrected chi connectivity index (χ1v) is 6.49. The zero-order valence-corrected chi connectivity index (χ0v) is 11.7. The van der Waals surface area contributed by atoms with Crippen molar-refractivity contribution in [2.75, 3.05) is 5.32 Å². The third-order valence-corrected chi connectivity index (χ3v) is 3.68. The fourth-order valence-electron chi connectivity index (χ4n) is 1.16. The van der Waals surface area contributed by atoms with Crippen molar-refractivity contribution in [1.29, 1.82) is 0 Å². The SMILES string of the molecule is CC(=O)Nc1nc2c(Br)cc(Br)cc2s1. The molecule has 1 N–H and O–H groups in total. The average Bonchev–Trinajstić information content (AvgIpc) is 2.45. The lowest BCUT2D eigenvalue weighted by molar-refractivity contribution is -0.114. The quantitative estimate of drug-likeness (QED) is 0.851. The van der Waals surface area contributed by atoms with E-state index < -0.39 is 0 Å². The van der Waals surface area contributed by atoms with Crippen LogP contribution >= 0.6 is 43.2 Å². The number of fused-ring (bicyclic) bond motifs is 1. The highest BCUT2D eigenvalue weighted by molar-refractivity contribution is 9.11. The summed E-state index contributed by atoms with van der Waals surface area (Å²) in [5, 5.41) is 3.29. The largest absolute Gasteiger partial charge is 0.302 e. The van der Waals surface area contributed by atoms with Crippen LogP contribution in [0.5, 0.6) is 0 Å². The molecular formula is C9H6Br2N2OS. The lowest BCUT2D eigenvalue weighted by atomic mass is 10.3. The molecule has 15 heavy (non-hydrogen) atoms. The molecule has 0 aliphatic carbocycles. The zero-order chi connectivity index (χ0) is 11.0. The van der Waals surface area contributed by atoms with Gasteiger partial charge in [0.1, 0.15) is 0 Å². The van der Waals surface area contributed by atoms with Gasteiger partial charge in [-0.25, -0.2) is 4.98 Å². The Hall–Kier alpha value is -0.460. The van der Waals surface area contributed by atoms with E-state index in [0.717, 1.165) is 19.2 Å². The molecule has 6 heteroatoms. The summed E-state index contributed by atoms with van der Waals surface area (Å²) < 4.78 is 2.93. The molecule has 0 fully saturated rings. The lowest BCUT2D eigenvalue weighted by Gasteiger charge is -1.93. The summed E-state index contributed by atoms with van der Waals surface area (Å²) in [4.78, 5) is 15.2. The van der Waals surface area contributed by atoms with Gasteiger partial charge in [0.15, 0.2) is 5.13 Å². The Bertz CT molecular complexity index is 538. The molecular weight excluding hydrogens is 344 g/mol. The third kappa shape index (κ3) is 2.38. The van der Waals surface area contributed by atoms with Gasteiger partial charge < -0.3 is 5.32 Å². The minimum atomic E-state index is -0.107. The van der Waals surface area contributed by atoms with Gasteiger partial charge in [0.05, 0.1) is 10.2 Å². The number of benzene rings is 1. The maximum absolute atomic E-state index is 10.9. The number of carbonyl (C=O) groups excluding carboxylic acids is 1. The minimum Gasteiger partial charge on any atom is -0.302 e. The number of nitrogens with one attached hydrogen (secondary N) is 1. The van der Waals surface area contributed by atoms with Crippen molar-refractivity contribution >= 4 is 64.5 Å². The van der Waals surface area contributed by atoms with Crippen LogP contribution < -0.4 is 5.32 Å². The Morgan fingerprint density at radius 2 is 2.20 bits per heavy atom. The van der Waals surface area contributed by atoms with Crippen LogP contribution in [0.4, 0.5) is 5.13 Å². The van der Waals surface area contributed by atoms with Crippen molar-refractivity contribution in [2.24, 2.45) is 0 Å². The van der Waals surface area contributed by atoms with Crippen molar-refractivity contribution in [3.63, 3.8) is 0 Å². The second-order valence-corrected chi connectivity index (χ2v) is 5.74. The van der Waals surface area contributed by atoms with E-state index in [1.807, 2.05) is 12.1 Å². The summed E-state index contributed by atoms with van der Waals surface area (Å²) in [5.74, 6) is -0.107. The van der Waals surface area contributed by atoms with E-state index in [0.29, 0.717) is 5.13 Å². The number of anilines is 1. The first kappa shape index (κ1) is 11.0. The molecule has 0 aliphatic heterocycles. The summed E-state index contributed by atoms with van der Waals surface area (Å²) in [6.45, 7) is 1.47. The average molecular weight is 350 g/mol. The molecule has 1 aromatic heterocycles. The summed E-state index contributed by atoms with van der Waals surface area (Å²) in [5.41, 5.74) is 0.868. The molecule has 0 bridgehead atoms. The van der Waals surface area contributed by atoms with Crippen molar-refractivity contribution < 1.29 is 4.79 Å². The molecule has 3 nitrogen and oxygen atoms in total. The van der Waals surface area contributed by atoms with Gasteiger partial charge >= 0.3 is 0 Å². The van der Waals surface area contributed by atoms with E-state index in [9.17, 15) is 4.79 Å². The number of aromatic nitrogens is 1. The van der Waals surface area contributed by atoms with Crippen LogP contribution in [0.3, 0.4) is 0 Å². The summed E-state index contributed by atoms with van der Waals surface area (Å²) in [7, 11) is 0. The first-order chi connectivity index (χ1) is 7.06. The highest BCUT2D eigenvalue weighted by Gasteiger charge is 2.08. The fraction of sp³-hybridized carbons (Fsp3) is 0.111. The molecule has 2 aromatic rings. The molecule has 0 spiro atoms. The highest BCUT2D eigenvalue weighted by Crippen LogP contribution is 2.33. The van der Waals surface area contributed by atoms with Crippen LogP contribution in [0.1, 0.15) is 6.92 Å². The van der Waals surface area contributed by atoms with Gasteiger partial charge in [0.2, 0.25) is 5.91 Å². The van der Waals surface area contributed by atoms with Crippen molar-refractivity contribution in [1.82, 2.24) is 4.98 Å². The number of rotatable bonds is 1. The number of nitrogens with zero attached hydrogens (tertiary/aromatic N) is 1. The number of hydrogen-bond donors (Lipinski definition) is 1. The van der Waals surface area contributed by atoms with Gasteiger partial charge in [-0.2, -0.15) is 0 Å². The van der Waals surface area contributed by atoms with Crippen LogP contribution in [0.15, 0.2) is 21.1 Å². The lowest BCUT2D eigenvalue weighted by Crippen LogP contribution is -2.04. The number of thiazole rings is 1. The monoisotopic (exact) mass is 348 g/mol. The molecule has 0 saturated carbocycles. The van der Waals surface area contributed by atoms with E-state index in [4.69, 9.17) is 0 Å². The highest BCUT2D eigenvalue weighted by atomic mass is 79.9. The smallest absolute Gasteiger partial charge is 0.223 e. The molecule has 0 unspecified atom stereocenters. The van der Waals surface area contributed by atoms with Crippen LogP contribution in [0.25, 0.3) is 10.2 Å².